The van der Waals surface area contributed by atoms with Gasteiger partial charge in [0, 0.05) is 12.6 Å². The molecule has 1 saturated carbocycles. The van der Waals surface area contributed by atoms with Crippen molar-refractivity contribution in [3.63, 3.8) is 0 Å². The molecule has 4 heteroatoms. The van der Waals surface area contributed by atoms with Crippen LogP contribution in [0.3, 0.4) is 0 Å². The monoisotopic (exact) mass is 243 g/mol. The molecule has 0 saturated heterocycles. The summed E-state index contributed by atoms with van der Waals surface area (Å²) in [6.45, 7) is 2.57. The predicted molar refractivity (Wildman–Crippen MR) is 60.0 cm³/mol. The number of nitrogens with one attached hydrogen (secondary N) is 1. The molecule has 1 nitrogen and oxygen atoms in total. The number of rotatable bonds is 3. The maximum Gasteiger partial charge on any atom is 0.194 e. The minimum absolute atomic E-state index is 0.380. The Labute approximate surface area is 99.0 Å². The zero-order valence-corrected chi connectivity index (χ0v) is 9.77. The van der Waals surface area contributed by atoms with E-state index in [1.807, 2.05) is 0 Å². The van der Waals surface area contributed by atoms with Gasteiger partial charge in [0.25, 0.3) is 0 Å². The van der Waals surface area contributed by atoms with Crippen molar-refractivity contribution in [2.75, 3.05) is 0 Å². The smallest absolute Gasteiger partial charge is 0.194 e. The summed E-state index contributed by atoms with van der Waals surface area (Å²) in [6.07, 6.45) is 3.36. The molecule has 2 unspecified atom stereocenters. The molecule has 17 heavy (non-hydrogen) atoms. The number of hydrogen-bond donors (Lipinski definition) is 1. The highest BCUT2D eigenvalue weighted by atomic mass is 19.2. The van der Waals surface area contributed by atoms with Gasteiger partial charge in [-0.3, -0.25) is 0 Å². The Kier molecular flexibility index (Phi) is 3.72. The molecule has 0 amide bonds. The van der Waals surface area contributed by atoms with E-state index in [1.165, 1.54) is 6.42 Å². The van der Waals surface area contributed by atoms with Gasteiger partial charge in [-0.1, -0.05) is 6.92 Å². The van der Waals surface area contributed by atoms with Gasteiger partial charge >= 0.3 is 0 Å². The first-order chi connectivity index (χ1) is 8.06. The average Bonchev–Trinajstić information content (AvgIpc) is 2.69. The molecule has 94 valence electrons. The second-order valence-corrected chi connectivity index (χ2v) is 4.87. The van der Waals surface area contributed by atoms with Crippen LogP contribution < -0.4 is 5.32 Å². The molecule has 0 spiro atoms. The van der Waals surface area contributed by atoms with E-state index >= 15 is 0 Å². The van der Waals surface area contributed by atoms with Crippen molar-refractivity contribution < 1.29 is 13.2 Å². The van der Waals surface area contributed by atoms with E-state index in [4.69, 9.17) is 0 Å². The molecule has 2 atom stereocenters. The molecule has 1 aliphatic carbocycles. The Morgan fingerprint density at radius 3 is 2.35 bits per heavy atom. The largest absolute Gasteiger partial charge is 0.310 e. The van der Waals surface area contributed by atoms with E-state index in [2.05, 4.69) is 12.2 Å². The van der Waals surface area contributed by atoms with Gasteiger partial charge in [0.15, 0.2) is 17.5 Å². The quantitative estimate of drug-likeness (QED) is 0.802. The predicted octanol–water partition coefficient (Wildman–Crippen LogP) is 3.38. The van der Waals surface area contributed by atoms with Crippen LogP contribution in [0.5, 0.6) is 0 Å². The lowest BCUT2D eigenvalue weighted by atomic mass is 10.1. The summed E-state index contributed by atoms with van der Waals surface area (Å²) in [5.74, 6) is -2.94. The van der Waals surface area contributed by atoms with E-state index in [-0.39, 0.29) is 0 Å². The average molecular weight is 243 g/mol. The van der Waals surface area contributed by atoms with E-state index in [0.29, 0.717) is 24.1 Å². The summed E-state index contributed by atoms with van der Waals surface area (Å²) in [6, 6.07) is 2.49. The molecule has 1 fully saturated rings. The number of halogens is 3. The molecule has 0 aromatic heterocycles. The van der Waals surface area contributed by atoms with Gasteiger partial charge in [0.05, 0.1) is 0 Å². The third kappa shape index (κ3) is 3.00. The first kappa shape index (κ1) is 12.4. The second-order valence-electron chi connectivity index (χ2n) is 4.87. The van der Waals surface area contributed by atoms with Crippen LogP contribution in [0.1, 0.15) is 31.7 Å². The zero-order valence-electron chi connectivity index (χ0n) is 9.77. The van der Waals surface area contributed by atoms with E-state index < -0.39 is 17.5 Å². The van der Waals surface area contributed by atoms with Gasteiger partial charge in [-0.25, -0.2) is 13.2 Å². The van der Waals surface area contributed by atoms with Crippen LogP contribution in [-0.4, -0.2) is 6.04 Å². The third-order valence-electron chi connectivity index (χ3n) is 3.33. The minimum Gasteiger partial charge on any atom is -0.310 e. The SMILES string of the molecule is CC1CCC(NCc2cc(F)c(F)c(F)c2)C1. The standard InChI is InChI=1S/C13H16F3N/c1-8-2-3-10(4-8)17-7-9-5-11(14)13(16)12(15)6-9/h5-6,8,10,17H,2-4,7H2,1H3. The molecule has 0 aliphatic heterocycles. The molecule has 1 aromatic rings. The maximum atomic E-state index is 13.0. The van der Waals surface area contributed by atoms with Gasteiger partial charge in [-0.15, -0.1) is 0 Å². The van der Waals surface area contributed by atoms with Gasteiger partial charge < -0.3 is 5.32 Å². The summed E-state index contributed by atoms with van der Waals surface area (Å²) in [5, 5.41) is 3.25. The van der Waals surface area contributed by atoms with Crippen LogP contribution >= 0.6 is 0 Å². The third-order valence-corrected chi connectivity index (χ3v) is 3.33. The summed E-state index contributed by atoms with van der Waals surface area (Å²) in [4.78, 5) is 0. The molecule has 2 rings (SSSR count). The minimum atomic E-state index is -1.40. The fourth-order valence-corrected chi connectivity index (χ4v) is 2.36. The summed E-state index contributed by atoms with van der Waals surface area (Å²) in [7, 11) is 0. The Morgan fingerprint density at radius 1 is 1.18 bits per heavy atom. The van der Waals surface area contributed by atoms with Crippen molar-refractivity contribution in [1.29, 1.82) is 0 Å². The highest BCUT2D eigenvalue weighted by Gasteiger charge is 2.20. The van der Waals surface area contributed by atoms with Crippen LogP contribution in [0.2, 0.25) is 0 Å². The van der Waals surface area contributed by atoms with Crippen molar-refractivity contribution in [3.8, 4) is 0 Å². The normalized spacial score (nSPS) is 24.2. The molecule has 0 heterocycles. The maximum absolute atomic E-state index is 13.0. The second kappa shape index (κ2) is 5.08. The fraction of sp³-hybridized carbons (Fsp3) is 0.538. The van der Waals surface area contributed by atoms with Gasteiger partial charge in [-0.05, 0) is 42.9 Å². The van der Waals surface area contributed by atoms with E-state index in [9.17, 15) is 13.2 Å². The molecule has 0 bridgehead atoms. The van der Waals surface area contributed by atoms with Crippen molar-refractivity contribution in [1.82, 2.24) is 5.32 Å². The molecule has 0 radical (unpaired) electrons. The summed E-state index contributed by atoms with van der Waals surface area (Å²) >= 11 is 0. The van der Waals surface area contributed by atoms with Crippen molar-refractivity contribution >= 4 is 0 Å². The number of hydrogen-bond acceptors (Lipinski definition) is 1. The van der Waals surface area contributed by atoms with E-state index in [0.717, 1.165) is 25.0 Å². The lowest BCUT2D eigenvalue weighted by molar-refractivity contribution is 0.441. The lowest BCUT2D eigenvalue weighted by Gasteiger charge is -2.12. The van der Waals surface area contributed by atoms with Crippen LogP contribution in [0.25, 0.3) is 0 Å². The van der Waals surface area contributed by atoms with Crippen LogP contribution in [-0.2, 0) is 6.54 Å². The summed E-state index contributed by atoms with van der Waals surface area (Å²) < 4.78 is 38.7. The van der Waals surface area contributed by atoms with Crippen molar-refractivity contribution in [2.45, 2.75) is 38.8 Å². The van der Waals surface area contributed by atoms with Gasteiger partial charge in [-0.2, -0.15) is 0 Å². The van der Waals surface area contributed by atoms with Crippen molar-refractivity contribution in [2.24, 2.45) is 5.92 Å². The zero-order chi connectivity index (χ0) is 12.4. The topological polar surface area (TPSA) is 12.0 Å². The highest BCUT2D eigenvalue weighted by Crippen LogP contribution is 2.25. The van der Waals surface area contributed by atoms with Gasteiger partial charge in [0.2, 0.25) is 0 Å². The summed E-state index contributed by atoms with van der Waals surface area (Å²) in [5.41, 5.74) is 0.445. The molecule has 1 aliphatic rings. The Balaban J connectivity index is 1.95. The molecule has 1 aromatic carbocycles. The van der Waals surface area contributed by atoms with Crippen LogP contribution in [0.4, 0.5) is 13.2 Å². The first-order valence-corrected chi connectivity index (χ1v) is 5.93. The van der Waals surface area contributed by atoms with Gasteiger partial charge in [0.1, 0.15) is 0 Å². The van der Waals surface area contributed by atoms with E-state index in [1.54, 1.807) is 0 Å². The lowest BCUT2D eigenvalue weighted by Crippen LogP contribution is -2.25. The highest BCUT2D eigenvalue weighted by molar-refractivity contribution is 5.19. The van der Waals surface area contributed by atoms with Crippen LogP contribution in [0.15, 0.2) is 12.1 Å². The Hall–Kier alpha value is -1.03. The Morgan fingerprint density at radius 2 is 1.82 bits per heavy atom. The fourth-order valence-electron chi connectivity index (χ4n) is 2.36. The molecule has 1 N–H and O–H groups in total. The molecular weight excluding hydrogens is 227 g/mol. The molecular formula is C13H16F3N. The Bertz CT molecular complexity index is 383. The first-order valence-electron chi connectivity index (χ1n) is 5.93. The van der Waals surface area contributed by atoms with Crippen molar-refractivity contribution in [3.05, 3.63) is 35.1 Å². The van der Waals surface area contributed by atoms with Crippen LogP contribution in [0, 0.1) is 23.4 Å². The number of benzene rings is 1.